The summed E-state index contributed by atoms with van der Waals surface area (Å²) in [6, 6.07) is 2.17. The summed E-state index contributed by atoms with van der Waals surface area (Å²) in [5.41, 5.74) is 2.75. The van der Waals surface area contributed by atoms with E-state index < -0.39 is 0 Å². The number of imidazole rings is 2. The van der Waals surface area contributed by atoms with Crippen molar-refractivity contribution in [1.29, 1.82) is 0 Å². The van der Waals surface area contributed by atoms with Crippen LogP contribution in [-0.4, -0.2) is 13.8 Å². The van der Waals surface area contributed by atoms with Gasteiger partial charge in [-0.3, -0.25) is 8.80 Å². The van der Waals surface area contributed by atoms with E-state index in [0.29, 0.717) is 0 Å². The Kier molecular flexibility index (Phi) is 0.951. The van der Waals surface area contributed by atoms with Crippen molar-refractivity contribution in [2.75, 3.05) is 0 Å². The summed E-state index contributed by atoms with van der Waals surface area (Å²) < 4.78 is 4.38. The highest BCUT2D eigenvalue weighted by atomic mass is 15.2. The first-order valence-corrected chi connectivity index (χ1v) is 4.90. The van der Waals surface area contributed by atoms with Crippen LogP contribution < -0.4 is 5.22 Å². The van der Waals surface area contributed by atoms with Gasteiger partial charge in [-0.2, -0.15) is 0 Å². The summed E-state index contributed by atoms with van der Waals surface area (Å²) in [6.45, 7) is 0. The van der Waals surface area contributed by atoms with Crippen molar-refractivity contribution < 1.29 is 0 Å². The summed E-state index contributed by atoms with van der Waals surface area (Å²) in [6.07, 6.45) is 10.6. The third kappa shape index (κ3) is 0.566. The highest BCUT2D eigenvalue weighted by Crippen LogP contribution is 2.19. The van der Waals surface area contributed by atoms with Crippen LogP contribution in [0.5, 0.6) is 0 Å². The molecule has 3 heterocycles. The standard InChI is InChI=1S/C11H9N3/c1-2-8-4-6-14-10(8)9(3-1)13-7-5-12-11(13)14/h2,4-7H,1,3H2. The molecule has 0 unspecified atom stereocenters. The van der Waals surface area contributed by atoms with Crippen molar-refractivity contribution in [2.45, 2.75) is 12.8 Å². The largest absolute Gasteiger partial charge is 0.287 e. The molecule has 0 amide bonds. The number of aromatic nitrogens is 3. The van der Waals surface area contributed by atoms with Crippen molar-refractivity contribution in [3.05, 3.63) is 35.6 Å². The lowest BCUT2D eigenvalue weighted by Gasteiger charge is -2.01. The van der Waals surface area contributed by atoms with E-state index >= 15 is 0 Å². The Morgan fingerprint density at radius 2 is 2.21 bits per heavy atom. The van der Waals surface area contributed by atoms with Gasteiger partial charge in [-0.1, -0.05) is 6.08 Å². The molecule has 14 heavy (non-hydrogen) atoms. The second kappa shape index (κ2) is 2.00. The van der Waals surface area contributed by atoms with E-state index in [4.69, 9.17) is 0 Å². The van der Waals surface area contributed by atoms with Crippen LogP contribution >= 0.6 is 0 Å². The van der Waals surface area contributed by atoms with Crippen LogP contribution in [0.25, 0.3) is 17.4 Å². The smallest absolute Gasteiger partial charge is 0.218 e. The van der Waals surface area contributed by atoms with Crippen LogP contribution in [0.3, 0.4) is 0 Å². The highest BCUT2D eigenvalue weighted by molar-refractivity contribution is 5.66. The van der Waals surface area contributed by atoms with Crippen molar-refractivity contribution in [2.24, 2.45) is 0 Å². The number of hydrogen-bond acceptors (Lipinski definition) is 1. The average Bonchev–Trinajstić information content (AvgIpc) is 2.87. The summed E-state index contributed by atoms with van der Waals surface area (Å²) >= 11 is 0. The maximum Gasteiger partial charge on any atom is 0.218 e. The molecule has 0 saturated carbocycles. The van der Waals surface area contributed by atoms with E-state index in [0.717, 1.165) is 18.6 Å². The Morgan fingerprint density at radius 1 is 1.21 bits per heavy atom. The van der Waals surface area contributed by atoms with Crippen molar-refractivity contribution in [3.63, 3.8) is 0 Å². The van der Waals surface area contributed by atoms with E-state index in [1.807, 2.05) is 12.4 Å². The fraction of sp³-hybridized carbons (Fsp3) is 0.182. The molecule has 0 radical (unpaired) electrons. The first-order chi connectivity index (χ1) is 6.95. The monoisotopic (exact) mass is 183 g/mol. The van der Waals surface area contributed by atoms with Crippen LogP contribution in [0.1, 0.15) is 12.1 Å². The van der Waals surface area contributed by atoms with Gasteiger partial charge in [0.15, 0.2) is 0 Å². The van der Waals surface area contributed by atoms with Gasteiger partial charge in [0.05, 0.1) is 11.2 Å². The molecule has 1 aliphatic rings. The van der Waals surface area contributed by atoms with E-state index in [9.17, 15) is 0 Å². The summed E-state index contributed by atoms with van der Waals surface area (Å²) in [7, 11) is 0. The molecule has 3 nitrogen and oxygen atoms in total. The second-order valence-electron chi connectivity index (χ2n) is 3.78. The van der Waals surface area contributed by atoms with Gasteiger partial charge in [0.2, 0.25) is 5.78 Å². The van der Waals surface area contributed by atoms with Crippen LogP contribution in [0, 0.1) is 0 Å². The quantitative estimate of drug-likeness (QED) is 0.510. The SMILES string of the molecule is C1=c2ccn3c2c(n2ccnc23)CC1. The molecule has 1 aliphatic carbocycles. The molecule has 68 valence electrons. The van der Waals surface area contributed by atoms with E-state index in [1.54, 1.807) is 0 Å². The van der Waals surface area contributed by atoms with Crippen LogP contribution in [0.15, 0.2) is 24.7 Å². The molecule has 0 N–H and O–H groups in total. The molecule has 0 aromatic carbocycles. The Labute approximate surface area is 80.3 Å². The molecule has 3 heteroatoms. The minimum Gasteiger partial charge on any atom is -0.287 e. The molecule has 0 saturated heterocycles. The molecular formula is C11H9N3. The Bertz CT molecular complexity index is 687. The topological polar surface area (TPSA) is 21.7 Å². The molecule has 3 aromatic heterocycles. The van der Waals surface area contributed by atoms with E-state index in [-0.39, 0.29) is 0 Å². The second-order valence-corrected chi connectivity index (χ2v) is 3.78. The zero-order valence-corrected chi connectivity index (χ0v) is 7.64. The highest BCUT2D eigenvalue weighted by Gasteiger charge is 2.15. The van der Waals surface area contributed by atoms with Crippen LogP contribution in [0.2, 0.25) is 0 Å². The van der Waals surface area contributed by atoms with Gasteiger partial charge in [-0.15, -0.1) is 0 Å². The number of hydrogen-bond donors (Lipinski definition) is 0. The summed E-state index contributed by atoms with van der Waals surface area (Å²) in [4.78, 5) is 4.37. The van der Waals surface area contributed by atoms with Crippen LogP contribution in [-0.2, 0) is 6.42 Å². The fourth-order valence-electron chi connectivity index (χ4n) is 2.49. The van der Waals surface area contributed by atoms with Gasteiger partial charge >= 0.3 is 0 Å². The number of rotatable bonds is 0. The van der Waals surface area contributed by atoms with Crippen molar-refractivity contribution >= 4 is 17.4 Å². The average molecular weight is 183 g/mol. The summed E-state index contributed by atoms with van der Waals surface area (Å²) in [5.74, 6) is 1.04. The normalized spacial score (nSPS) is 15.1. The van der Waals surface area contributed by atoms with Gasteiger partial charge < -0.3 is 0 Å². The summed E-state index contributed by atoms with van der Waals surface area (Å²) in [5, 5.41) is 1.36. The van der Waals surface area contributed by atoms with Gasteiger partial charge in [0.1, 0.15) is 0 Å². The molecule has 0 spiro atoms. The van der Waals surface area contributed by atoms with Crippen molar-refractivity contribution in [3.8, 4) is 0 Å². The Balaban J connectivity index is 2.48. The predicted octanol–water partition coefficient (Wildman–Crippen LogP) is 1.03. The molecule has 3 aromatic rings. The molecule has 0 atom stereocenters. The molecule has 0 aliphatic heterocycles. The Morgan fingerprint density at radius 3 is 3.21 bits per heavy atom. The lowest BCUT2D eigenvalue weighted by Crippen LogP contribution is -2.06. The molecule has 0 fully saturated rings. The lowest BCUT2D eigenvalue weighted by molar-refractivity contribution is 0.947. The van der Waals surface area contributed by atoms with Crippen molar-refractivity contribution in [1.82, 2.24) is 13.8 Å². The number of nitrogens with zero attached hydrogens (tertiary/aromatic N) is 3. The van der Waals surface area contributed by atoms with E-state index in [2.05, 4.69) is 32.1 Å². The van der Waals surface area contributed by atoms with Gasteiger partial charge in [0.25, 0.3) is 0 Å². The maximum absolute atomic E-state index is 4.37. The number of aryl methyl sites for hydroxylation is 1. The third-order valence-corrected chi connectivity index (χ3v) is 3.06. The molecule has 0 bridgehead atoms. The first kappa shape index (κ1) is 6.65. The Hall–Kier alpha value is -1.77. The molecular weight excluding hydrogens is 174 g/mol. The fourth-order valence-corrected chi connectivity index (χ4v) is 2.49. The minimum absolute atomic E-state index is 1.04. The zero-order valence-electron chi connectivity index (χ0n) is 7.64. The van der Waals surface area contributed by atoms with Crippen LogP contribution in [0.4, 0.5) is 0 Å². The molecule has 4 rings (SSSR count). The van der Waals surface area contributed by atoms with Gasteiger partial charge in [0, 0.05) is 18.6 Å². The zero-order chi connectivity index (χ0) is 9.12. The van der Waals surface area contributed by atoms with Gasteiger partial charge in [-0.25, -0.2) is 4.98 Å². The number of fused-ring (bicyclic) bond motifs is 3. The first-order valence-electron chi connectivity index (χ1n) is 4.90. The maximum atomic E-state index is 4.37. The predicted molar refractivity (Wildman–Crippen MR) is 54.2 cm³/mol. The van der Waals surface area contributed by atoms with E-state index in [1.165, 1.54) is 16.4 Å². The van der Waals surface area contributed by atoms with Gasteiger partial charge in [-0.05, 0) is 24.1 Å². The minimum atomic E-state index is 1.04. The lowest BCUT2D eigenvalue weighted by atomic mass is 10.1. The third-order valence-electron chi connectivity index (χ3n) is 3.06.